The molecule has 0 aliphatic rings. The fourth-order valence-electron chi connectivity index (χ4n) is 3.18. The van der Waals surface area contributed by atoms with Crippen LogP contribution in [0.25, 0.3) is 5.43 Å². The average Bonchev–Trinajstić information content (AvgIpc) is 2.95. The van der Waals surface area contributed by atoms with E-state index in [0.717, 1.165) is 6.07 Å². The molecule has 252 valence electrons. The SMILES string of the molecule is O=C(O)c1cc(SOO[O-])ccc1[N-]/N=C(\N=Nc1cc(S(=O)(=O)CCOS(=O)(=O)[O-])cc(S(=O)(=O)[O-])c1O)c1ccccc1.[Cu+].[Na+].[Na+].[Na+]. The number of carboxylic acid groups (broad SMARTS) is 1. The normalized spacial score (nSPS) is 11.8. The van der Waals surface area contributed by atoms with E-state index in [1.54, 1.807) is 6.07 Å². The molecule has 0 atom stereocenters. The number of phenolic OH excluding ortho intramolecular Hbond substituents is 1. The first-order chi connectivity index (χ1) is 21.0. The van der Waals surface area contributed by atoms with Crippen molar-refractivity contribution >= 4 is 65.6 Å². The molecule has 27 heteroatoms. The quantitative estimate of drug-likeness (QED) is 0.0175. The molecule has 3 aromatic rings. The van der Waals surface area contributed by atoms with Crippen molar-refractivity contribution in [1.29, 1.82) is 0 Å². The first kappa shape index (κ1) is 50.6. The number of hydrogen-bond donors (Lipinski definition) is 2. The number of carboxylic acids is 1. The van der Waals surface area contributed by atoms with Crippen LogP contribution in [-0.2, 0) is 61.0 Å². The number of aromatic carboxylic acids is 1. The predicted molar refractivity (Wildman–Crippen MR) is 146 cm³/mol. The molecular weight excluding hydrogens is 821 g/mol. The van der Waals surface area contributed by atoms with Crippen LogP contribution in [0.5, 0.6) is 5.75 Å². The van der Waals surface area contributed by atoms with Crippen LogP contribution in [0.15, 0.2) is 90.7 Å². The van der Waals surface area contributed by atoms with E-state index in [1.807, 2.05) is 0 Å². The third-order valence-electron chi connectivity index (χ3n) is 5.13. The molecule has 0 aromatic heterocycles. The van der Waals surface area contributed by atoms with E-state index in [2.05, 4.69) is 34.3 Å². The number of aromatic hydroxyl groups is 1. The van der Waals surface area contributed by atoms with Gasteiger partial charge in [-0.05, 0) is 24.3 Å². The molecule has 0 amide bonds. The van der Waals surface area contributed by atoms with Gasteiger partial charge < -0.3 is 35.1 Å². The first-order valence-corrected chi connectivity index (χ1v) is 16.6. The Morgan fingerprint density at radius 3 is 2.12 bits per heavy atom. The summed E-state index contributed by atoms with van der Waals surface area (Å²) in [6.07, 6.45) is 0. The van der Waals surface area contributed by atoms with Gasteiger partial charge in [-0.3, -0.25) is 9.22 Å². The topological polar surface area (TPSA) is 308 Å². The van der Waals surface area contributed by atoms with Gasteiger partial charge in [-0.2, -0.15) is 4.33 Å². The van der Waals surface area contributed by atoms with Crippen molar-refractivity contribution < 1.29 is 174 Å². The molecule has 0 fully saturated rings. The van der Waals surface area contributed by atoms with Crippen LogP contribution in [0.1, 0.15) is 15.9 Å². The van der Waals surface area contributed by atoms with Gasteiger partial charge in [0.1, 0.15) is 15.8 Å². The molecule has 3 rings (SSSR count). The third-order valence-corrected chi connectivity index (χ3v) is 8.66. The number of carbonyl (C=O) groups is 1. The molecule has 0 radical (unpaired) electrons. The minimum absolute atomic E-state index is 0. The largest absolute Gasteiger partial charge is 1.00 e. The van der Waals surface area contributed by atoms with Gasteiger partial charge in [0, 0.05) is 16.0 Å². The van der Waals surface area contributed by atoms with Crippen LogP contribution in [-0.4, -0.2) is 68.7 Å². The Morgan fingerprint density at radius 1 is 0.939 bits per heavy atom. The Hall–Kier alpha value is -0.521. The molecule has 0 heterocycles. The van der Waals surface area contributed by atoms with Gasteiger partial charge in [-0.25, -0.2) is 30.0 Å². The minimum atomic E-state index is -5.53. The monoisotopic (exact) mass is 836 g/mol. The van der Waals surface area contributed by atoms with E-state index >= 15 is 0 Å². The van der Waals surface area contributed by atoms with Gasteiger partial charge in [-0.15, -0.1) is 15.9 Å². The molecule has 0 saturated carbocycles. The van der Waals surface area contributed by atoms with E-state index < -0.39 is 75.5 Å². The maximum absolute atomic E-state index is 12.7. The van der Waals surface area contributed by atoms with Crippen molar-refractivity contribution in [3.05, 3.63) is 77.2 Å². The van der Waals surface area contributed by atoms with Crippen LogP contribution in [0.4, 0.5) is 11.4 Å². The van der Waals surface area contributed by atoms with Gasteiger partial charge in [0.2, 0.25) is 10.4 Å². The van der Waals surface area contributed by atoms with E-state index in [0.29, 0.717) is 24.2 Å². The standard InChI is InChI=1S/C22H20N4O15S4.Cu.3Na/c27-20-18(11-15(12-19(20)44(33,34)35)43(31,32)9-8-39-45(36,37)38)24-26-21(13-4-2-1-3-5-13)25-23-17-7-6-14(42-41-40-30)10-16(17)22(28)29;;;;/h1-7,10-12H,8-9H2,(H6,23,24,25,26,27,28,29,30,33,34,35,36,37,38);;;;/q;4*+1/p-4. The zero-order chi connectivity index (χ0) is 33.4. The summed E-state index contributed by atoms with van der Waals surface area (Å²) in [5.74, 6) is -4.31. The second kappa shape index (κ2) is 22.5. The fourth-order valence-corrected chi connectivity index (χ4v) is 5.79. The molecule has 2 N–H and O–H groups in total. The summed E-state index contributed by atoms with van der Waals surface area (Å²) in [6.45, 7) is -1.16. The van der Waals surface area contributed by atoms with Crippen LogP contribution in [0, 0.1) is 0 Å². The Morgan fingerprint density at radius 2 is 1.57 bits per heavy atom. The number of phenols is 1. The molecule has 49 heavy (non-hydrogen) atoms. The minimum Gasteiger partial charge on any atom is -0.744 e. The number of hydrogen-bond acceptors (Lipinski definition) is 17. The predicted octanol–water partition coefficient (Wildman–Crippen LogP) is -7.36. The molecule has 0 spiro atoms. The molecular formula is C22H16CuN4Na3O15S4. The summed E-state index contributed by atoms with van der Waals surface area (Å²) in [7, 11) is -15.4. The van der Waals surface area contributed by atoms with Gasteiger partial charge in [0.05, 0.1) is 34.2 Å². The summed E-state index contributed by atoms with van der Waals surface area (Å²) in [6, 6.07) is 12.0. The fraction of sp³-hybridized carbons (Fsp3) is 0.0909. The third kappa shape index (κ3) is 15.9. The van der Waals surface area contributed by atoms with Crippen molar-refractivity contribution in [2.75, 3.05) is 12.4 Å². The number of rotatable bonds is 14. The Bertz CT molecular complexity index is 1970. The van der Waals surface area contributed by atoms with Gasteiger partial charge >= 0.3 is 112 Å². The number of azo groups is 1. The Kier molecular flexibility index (Phi) is 23.3. The van der Waals surface area contributed by atoms with E-state index in [1.165, 1.54) is 36.4 Å². The Labute approximate surface area is 360 Å². The van der Waals surface area contributed by atoms with Gasteiger partial charge in [-0.1, -0.05) is 36.4 Å². The molecule has 0 bridgehead atoms. The summed E-state index contributed by atoms with van der Waals surface area (Å²) < 4.78 is 101. The molecule has 0 saturated heterocycles. The number of amidine groups is 1. The van der Waals surface area contributed by atoms with Gasteiger partial charge in [0.25, 0.3) is 0 Å². The van der Waals surface area contributed by atoms with Crippen LogP contribution in [0.3, 0.4) is 0 Å². The van der Waals surface area contributed by atoms with Gasteiger partial charge in [0.15, 0.2) is 21.4 Å². The molecule has 0 aliphatic carbocycles. The zero-order valence-electron chi connectivity index (χ0n) is 25.1. The average molecular weight is 837 g/mol. The number of nitrogens with zero attached hydrogens (tertiary/aromatic N) is 4. The second-order valence-electron chi connectivity index (χ2n) is 8.09. The number of sulfone groups is 1. The summed E-state index contributed by atoms with van der Waals surface area (Å²) in [5.41, 5.74) is 2.52. The molecule has 19 nitrogen and oxygen atoms in total. The molecule has 0 unspecified atom stereocenters. The van der Waals surface area contributed by atoms with E-state index in [-0.39, 0.29) is 128 Å². The molecule has 0 aliphatic heterocycles. The van der Waals surface area contributed by atoms with Crippen molar-refractivity contribution in [1.82, 2.24) is 0 Å². The summed E-state index contributed by atoms with van der Waals surface area (Å²) in [5, 5.41) is 44.5. The van der Waals surface area contributed by atoms with Crippen molar-refractivity contribution in [3.63, 3.8) is 0 Å². The van der Waals surface area contributed by atoms with E-state index in [9.17, 15) is 54.6 Å². The van der Waals surface area contributed by atoms with Crippen LogP contribution in [0.2, 0.25) is 0 Å². The van der Waals surface area contributed by atoms with E-state index in [4.69, 9.17) is 0 Å². The Balaban J connectivity index is 0. The smallest absolute Gasteiger partial charge is 0.744 e. The first-order valence-electron chi connectivity index (χ1n) is 11.4. The summed E-state index contributed by atoms with van der Waals surface area (Å²) >= 11 is 0.412. The van der Waals surface area contributed by atoms with Crippen LogP contribution < -0.4 is 93.9 Å². The number of benzene rings is 3. The summed E-state index contributed by atoms with van der Waals surface area (Å²) in [4.78, 5) is 9.54. The zero-order valence-corrected chi connectivity index (χ0v) is 35.3. The van der Waals surface area contributed by atoms with Crippen molar-refractivity contribution in [2.45, 2.75) is 14.7 Å². The van der Waals surface area contributed by atoms with Crippen molar-refractivity contribution in [3.8, 4) is 5.75 Å². The molecule has 3 aromatic carbocycles. The maximum atomic E-state index is 12.7. The van der Waals surface area contributed by atoms with Crippen molar-refractivity contribution in [2.24, 2.45) is 15.3 Å². The second-order valence-corrected chi connectivity index (χ2v) is 13.4. The van der Waals surface area contributed by atoms with Crippen LogP contribution >= 0.6 is 12.0 Å². The maximum Gasteiger partial charge on any atom is 1.00 e.